The normalized spacial score (nSPS) is 11.2. The van der Waals surface area contributed by atoms with Crippen LogP contribution in [0.4, 0.5) is 0 Å². The van der Waals surface area contributed by atoms with Crippen molar-refractivity contribution in [1.82, 2.24) is 0 Å². The molecule has 0 aromatic heterocycles. The van der Waals surface area contributed by atoms with Crippen LogP contribution < -0.4 is 0 Å². The quantitative estimate of drug-likeness (QED) is 0.456. The van der Waals surface area contributed by atoms with Gasteiger partial charge in [0.1, 0.15) is 5.75 Å². The summed E-state index contributed by atoms with van der Waals surface area (Å²) in [6, 6.07) is 8.66. The minimum atomic E-state index is 0.188. The standard InChI is InChI=1S/C15H24O.C12H18S/c1-4-6-8-13-10-12(3)11-14(15(13)16)9-7-5-2;1-8-6-9(2)11(13)10(7-8)12(3,4)5/h10-11,16H,4-9H2,1-3H3;6-7,13H,1-5H3. The molecule has 2 aromatic rings. The van der Waals surface area contributed by atoms with Gasteiger partial charge in [0.2, 0.25) is 0 Å². The van der Waals surface area contributed by atoms with Crippen LogP contribution in [0.1, 0.15) is 93.7 Å². The molecule has 2 aromatic carbocycles. The lowest BCUT2D eigenvalue weighted by Gasteiger charge is -2.23. The Morgan fingerprint density at radius 2 is 1.24 bits per heavy atom. The summed E-state index contributed by atoms with van der Waals surface area (Å²) in [6.45, 7) is 17.4. The summed E-state index contributed by atoms with van der Waals surface area (Å²) in [5, 5.41) is 10.2. The zero-order chi connectivity index (χ0) is 22.2. The molecule has 2 rings (SSSR count). The first-order valence-electron chi connectivity index (χ1n) is 11.1. The third-order valence-corrected chi connectivity index (χ3v) is 5.86. The molecule has 0 fully saturated rings. The molecule has 0 bridgehead atoms. The van der Waals surface area contributed by atoms with Crippen molar-refractivity contribution in [1.29, 1.82) is 0 Å². The van der Waals surface area contributed by atoms with Crippen molar-refractivity contribution >= 4 is 12.6 Å². The van der Waals surface area contributed by atoms with Crippen molar-refractivity contribution in [3.05, 3.63) is 57.6 Å². The van der Waals surface area contributed by atoms with E-state index in [0.29, 0.717) is 5.75 Å². The van der Waals surface area contributed by atoms with Crippen molar-refractivity contribution in [2.45, 2.75) is 104 Å². The molecule has 2 heteroatoms. The number of unbranched alkanes of at least 4 members (excludes halogenated alkanes) is 2. The first-order chi connectivity index (χ1) is 13.5. The van der Waals surface area contributed by atoms with E-state index in [2.05, 4.69) is 92.3 Å². The lowest BCUT2D eigenvalue weighted by atomic mass is 9.85. The molecule has 0 spiro atoms. The molecule has 1 N–H and O–H groups in total. The van der Waals surface area contributed by atoms with E-state index in [1.54, 1.807) is 0 Å². The Kier molecular flexibility index (Phi) is 10.3. The van der Waals surface area contributed by atoms with Gasteiger partial charge in [-0.05, 0) is 74.1 Å². The number of hydrogen-bond donors (Lipinski definition) is 2. The molecule has 0 heterocycles. The van der Waals surface area contributed by atoms with Gasteiger partial charge in [-0.3, -0.25) is 0 Å². The number of phenolic OH excluding ortho intramolecular Hbond substituents is 1. The third kappa shape index (κ3) is 8.09. The molecule has 1 nitrogen and oxygen atoms in total. The molecule has 0 aliphatic carbocycles. The van der Waals surface area contributed by atoms with E-state index < -0.39 is 0 Å². The van der Waals surface area contributed by atoms with E-state index in [4.69, 9.17) is 0 Å². The van der Waals surface area contributed by atoms with Gasteiger partial charge in [0.05, 0.1) is 0 Å². The maximum atomic E-state index is 10.2. The van der Waals surface area contributed by atoms with Crippen molar-refractivity contribution in [2.24, 2.45) is 0 Å². The maximum absolute atomic E-state index is 10.2. The Labute approximate surface area is 185 Å². The van der Waals surface area contributed by atoms with E-state index in [1.165, 1.54) is 35.1 Å². The number of thiol groups is 1. The zero-order valence-corrected chi connectivity index (χ0v) is 20.8. The monoisotopic (exact) mass is 414 g/mol. The van der Waals surface area contributed by atoms with Gasteiger partial charge in [-0.1, -0.05) is 82.9 Å². The highest BCUT2D eigenvalue weighted by Crippen LogP contribution is 2.31. The molecule has 0 aliphatic heterocycles. The minimum Gasteiger partial charge on any atom is -0.507 e. The number of rotatable bonds is 6. The van der Waals surface area contributed by atoms with E-state index in [9.17, 15) is 5.11 Å². The summed E-state index contributed by atoms with van der Waals surface area (Å²) in [5.41, 5.74) is 7.66. The Hall–Kier alpha value is -1.41. The van der Waals surface area contributed by atoms with Gasteiger partial charge in [-0.15, -0.1) is 12.6 Å². The average molecular weight is 415 g/mol. The second-order valence-electron chi connectivity index (χ2n) is 9.37. The molecule has 0 saturated carbocycles. The third-order valence-electron chi connectivity index (χ3n) is 5.26. The summed E-state index contributed by atoms with van der Waals surface area (Å²) < 4.78 is 0. The van der Waals surface area contributed by atoms with E-state index in [1.807, 2.05) is 0 Å². The molecule has 29 heavy (non-hydrogen) atoms. The van der Waals surface area contributed by atoms with Gasteiger partial charge in [0.15, 0.2) is 0 Å². The highest BCUT2D eigenvalue weighted by molar-refractivity contribution is 7.80. The molecule has 0 amide bonds. The Balaban J connectivity index is 0.000000296. The molecular formula is C27H42OS. The van der Waals surface area contributed by atoms with Gasteiger partial charge in [-0.2, -0.15) is 0 Å². The zero-order valence-electron chi connectivity index (χ0n) is 19.9. The van der Waals surface area contributed by atoms with Gasteiger partial charge in [-0.25, -0.2) is 0 Å². The second-order valence-corrected chi connectivity index (χ2v) is 9.81. The lowest BCUT2D eigenvalue weighted by molar-refractivity contribution is 0.458. The topological polar surface area (TPSA) is 20.2 Å². The van der Waals surface area contributed by atoms with Crippen LogP contribution in [0.5, 0.6) is 5.75 Å². The van der Waals surface area contributed by atoms with Crippen LogP contribution in [0.3, 0.4) is 0 Å². The minimum absolute atomic E-state index is 0.188. The first kappa shape index (κ1) is 25.6. The fraction of sp³-hybridized carbons (Fsp3) is 0.556. The molecule has 0 unspecified atom stereocenters. The van der Waals surface area contributed by atoms with Crippen LogP contribution in [-0.2, 0) is 18.3 Å². The summed E-state index contributed by atoms with van der Waals surface area (Å²) >= 11 is 4.55. The van der Waals surface area contributed by atoms with E-state index in [0.717, 1.165) is 41.7 Å². The predicted octanol–water partition coefficient (Wildman–Crippen LogP) is 8.28. The van der Waals surface area contributed by atoms with Crippen molar-refractivity contribution < 1.29 is 5.11 Å². The van der Waals surface area contributed by atoms with Crippen molar-refractivity contribution in [2.75, 3.05) is 0 Å². The summed E-state index contributed by atoms with van der Waals surface area (Å²) in [5.74, 6) is 0.549. The first-order valence-corrected chi connectivity index (χ1v) is 11.6. The molecular weight excluding hydrogens is 372 g/mol. The Morgan fingerprint density at radius 1 is 0.793 bits per heavy atom. The number of benzene rings is 2. The molecule has 162 valence electrons. The highest BCUT2D eigenvalue weighted by atomic mass is 32.1. The number of aryl methyl sites for hydroxylation is 5. The number of phenols is 1. The fourth-order valence-corrected chi connectivity index (χ4v) is 4.05. The largest absolute Gasteiger partial charge is 0.507 e. The van der Waals surface area contributed by atoms with Crippen LogP contribution in [0.25, 0.3) is 0 Å². The SMILES string of the molecule is CCCCc1cc(C)cc(CCCC)c1O.Cc1cc(C)c(S)c(C(C)(C)C)c1. The maximum Gasteiger partial charge on any atom is 0.121 e. The van der Waals surface area contributed by atoms with Crippen molar-refractivity contribution in [3.8, 4) is 5.75 Å². The molecule has 0 saturated heterocycles. The van der Waals surface area contributed by atoms with Gasteiger partial charge in [0, 0.05) is 4.90 Å². The van der Waals surface area contributed by atoms with Gasteiger partial charge in [0.25, 0.3) is 0 Å². The molecule has 0 atom stereocenters. The van der Waals surface area contributed by atoms with Crippen molar-refractivity contribution in [3.63, 3.8) is 0 Å². The summed E-state index contributed by atoms with van der Waals surface area (Å²) in [4.78, 5) is 1.14. The van der Waals surface area contributed by atoms with Gasteiger partial charge < -0.3 is 5.11 Å². The van der Waals surface area contributed by atoms with E-state index >= 15 is 0 Å². The van der Waals surface area contributed by atoms with Gasteiger partial charge >= 0.3 is 0 Å². The van der Waals surface area contributed by atoms with E-state index in [-0.39, 0.29) is 5.41 Å². The fourth-order valence-electron chi connectivity index (χ4n) is 3.58. The summed E-state index contributed by atoms with van der Waals surface area (Å²) in [6.07, 6.45) is 6.68. The average Bonchev–Trinajstić information content (AvgIpc) is 2.63. The molecule has 0 radical (unpaired) electrons. The predicted molar refractivity (Wildman–Crippen MR) is 132 cm³/mol. The van der Waals surface area contributed by atoms with Crippen LogP contribution in [0.2, 0.25) is 0 Å². The van der Waals surface area contributed by atoms with Crippen LogP contribution in [0.15, 0.2) is 29.2 Å². The number of aromatic hydroxyl groups is 1. The highest BCUT2D eigenvalue weighted by Gasteiger charge is 2.17. The smallest absolute Gasteiger partial charge is 0.121 e. The second kappa shape index (κ2) is 11.7. The van der Waals surface area contributed by atoms with Crippen LogP contribution in [0, 0.1) is 20.8 Å². The lowest BCUT2D eigenvalue weighted by Crippen LogP contribution is -2.13. The molecule has 0 aliphatic rings. The number of hydrogen-bond acceptors (Lipinski definition) is 2. The Bertz CT molecular complexity index is 755. The van der Waals surface area contributed by atoms with Crippen LogP contribution in [-0.4, -0.2) is 5.11 Å². The van der Waals surface area contributed by atoms with Crippen LogP contribution >= 0.6 is 12.6 Å². The summed E-state index contributed by atoms with van der Waals surface area (Å²) in [7, 11) is 0. The Morgan fingerprint density at radius 3 is 1.66 bits per heavy atom.